The molecule has 0 aromatic carbocycles. The lowest BCUT2D eigenvalue weighted by Crippen LogP contribution is -2.35. The molecular weight excluding hydrogens is 406 g/mol. The Morgan fingerprint density at radius 2 is 2.13 bits per heavy atom. The fourth-order valence-corrected chi connectivity index (χ4v) is 3.72. The molecule has 1 N–H and O–H groups in total. The van der Waals surface area contributed by atoms with E-state index in [4.69, 9.17) is 0 Å². The molecule has 2 fully saturated rings. The lowest BCUT2D eigenvalue weighted by atomic mass is 9.83. The van der Waals surface area contributed by atoms with Crippen molar-refractivity contribution >= 4 is 41.5 Å². The van der Waals surface area contributed by atoms with Gasteiger partial charge in [0.15, 0.2) is 5.82 Å². The van der Waals surface area contributed by atoms with Crippen LogP contribution in [0.4, 0.5) is 17.3 Å². The van der Waals surface area contributed by atoms with Crippen LogP contribution >= 0.6 is 12.4 Å². The Balaban J connectivity index is 0.00000256. The van der Waals surface area contributed by atoms with Crippen LogP contribution in [0.5, 0.6) is 0 Å². The maximum absolute atomic E-state index is 13.0. The van der Waals surface area contributed by atoms with Crippen LogP contribution in [-0.2, 0) is 16.1 Å². The number of halogens is 1. The molecule has 4 rings (SSSR count). The number of likely N-dealkylation sites (N-methyl/N-ethyl adjacent to an activating group) is 1. The van der Waals surface area contributed by atoms with Gasteiger partial charge in [0, 0.05) is 50.9 Å². The highest BCUT2D eigenvalue weighted by molar-refractivity contribution is 6.02. The van der Waals surface area contributed by atoms with E-state index in [0.717, 1.165) is 12.8 Å². The highest BCUT2D eigenvalue weighted by Gasteiger charge is 2.56. The Morgan fingerprint density at radius 3 is 2.80 bits per heavy atom. The average Bonchev–Trinajstić information content (AvgIpc) is 3.38. The van der Waals surface area contributed by atoms with Gasteiger partial charge in [-0.15, -0.1) is 12.4 Å². The minimum atomic E-state index is -0.866. The molecule has 9 nitrogen and oxygen atoms in total. The van der Waals surface area contributed by atoms with E-state index in [2.05, 4.69) is 21.5 Å². The van der Waals surface area contributed by atoms with E-state index in [1.807, 2.05) is 0 Å². The molecule has 0 unspecified atom stereocenters. The second-order valence-electron chi connectivity index (χ2n) is 7.78. The highest BCUT2D eigenvalue weighted by atomic mass is 35.5. The molecule has 1 aliphatic carbocycles. The van der Waals surface area contributed by atoms with Crippen LogP contribution in [0.2, 0.25) is 0 Å². The minimum Gasteiger partial charge on any atom is -0.347 e. The van der Waals surface area contributed by atoms with Gasteiger partial charge in [-0.2, -0.15) is 10.4 Å². The van der Waals surface area contributed by atoms with Crippen molar-refractivity contribution in [2.45, 2.75) is 25.8 Å². The molecule has 10 heteroatoms. The second-order valence-corrected chi connectivity index (χ2v) is 7.78. The molecule has 1 saturated heterocycles. The molecule has 30 heavy (non-hydrogen) atoms. The first-order valence-corrected chi connectivity index (χ1v) is 9.63. The van der Waals surface area contributed by atoms with Gasteiger partial charge in [0.2, 0.25) is 11.8 Å². The minimum absolute atomic E-state index is 0. The van der Waals surface area contributed by atoms with Crippen molar-refractivity contribution in [3.05, 3.63) is 30.6 Å². The number of pyridine rings is 1. The molecule has 0 spiro atoms. The van der Waals surface area contributed by atoms with Gasteiger partial charge in [-0.05, 0) is 31.2 Å². The number of rotatable bonds is 6. The monoisotopic (exact) mass is 429 g/mol. The van der Waals surface area contributed by atoms with Crippen molar-refractivity contribution in [1.29, 1.82) is 5.26 Å². The van der Waals surface area contributed by atoms with Crippen molar-refractivity contribution in [3.8, 4) is 6.07 Å². The molecule has 2 aromatic heterocycles. The van der Waals surface area contributed by atoms with Crippen molar-refractivity contribution < 1.29 is 9.59 Å². The molecule has 2 amide bonds. The summed E-state index contributed by atoms with van der Waals surface area (Å²) in [6.07, 6.45) is 5.82. The lowest BCUT2D eigenvalue weighted by Gasteiger charge is -2.21. The Kier molecular flexibility index (Phi) is 5.99. The molecule has 1 aliphatic heterocycles. The van der Waals surface area contributed by atoms with Crippen molar-refractivity contribution in [1.82, 2.24) is 19.7 Å². The van der Waals surface area contributed by atoms with E-state index in [1.54, 1.807) is 54.3 Å². The summed E-state index contributed by atoms with van der Waals surface area (Å²) in [6.45, 7) is 0.690. The summed E-state index contributed by atoms with van der Waals surface area (Å²) >= 11 is 0. The standard InChI is InChI=1S/C20H23N7O2.ClH/c1-25(2)18(28)12-26-9-6-16(24-26)23-17-11-15(5-8-22-17)27-10-7-20(13-21,19(27)29)14-3-4-14;/h5-6,8-9,11,14H,3-4,7,10,12H2,1-2H3,(H,22,23,24);1H/t20-;/m1./s1. The summed E-state index contributed by atoms with van der Waals surface area (Å²) in [5.74, 6) is 1.13. The number of hydrogen-bond acceptors (Lipinski definition) is 6. The maximum Gasteiger partial charge on any atom is 0.247 e. The van der Waals surface area contributed by atoms with Crippen molar-refractivity contribution in [3.63, 3.8) is 0 Å². The largest absolute Gasteiger partial charge is 0.347 e. The molecule has 0 radical (unpaired) electrons. The van der Waals surface area contributed by atoms with Gasteiger partial charge in [0.1, 0.15) is 17.8 Å². The van der Waals surface area contributed by atoms with Crippen molar-refractivity contribution in [2.75, 3.05) is 30.9 Å². The SMILES string of the molecule is CN(C)C(=O)Cn1ccc(Nc2cc(N3CC[C@@](C#N)(C4CC4)C3=O)ccn2)n1.Cl. The average molecular weight is 430 g/mol. The molecule has 158 valence electrons. The summed E-state index contributed by atoms with van der Waals surface area (Å²) in [7, 11) is 3.40. The number of aromatic nitrogens is 3. The fourth-order valence-electron chi connectivity index (χ4n) is 3.72. The number of carbonyl (C=O) groups excluding carboxylic acids is 2. The topological polar surface area (TPSA) is 107 Å². The fraction of sp³-hybridized carbons (Fsp3) is 0.450. The quantitative estimate of drug-likeness (QED) is 0.754. The number of nitrogens with one attached hydrogen (secondary N) is 1. The molecule has 1 atom stereocenters. The Labute approximate surface area is 181 Å². The highest BCUT2D eigenvalue weighted by Crippen LogP contribution is 2.51. The molecule has 3 heterocycles. The third kappa shape index (κ3) is 3.96. The number of nitrogens with zero attached hydrogens (tertiary/aromatic N) is 6. The Hall–Kier alpha value is -3.12. The molecule has 0 bridgehead atoms. The normalized spacial score (nSPS) is 20.4. The number of anilines is 3. The zero-order valence-corrected chi connectivity index (χ0v) is 17.7. The maximum atomic E-state index is 13.0. The molecule has 2 aromatic rings. The lowest BCUT2D eigenvalue weighted by molar-refractivity contribution is -0.129. The van der Waals surface area contributed by atoms with Crippen LogP contribution in [0.1, 0.15) is 19.3 Å². The summed E-state index contributed by atoms with van der Waals surface area (Å²) in [5.41, 5.74) is -0.151. The van der Waals surface area contributed by atoms with Crippen LogP contribution in [0.3, 0.4) is 0 Å². The van der Waals surface area contributed by atoms with Crippen LogP contribution in [0.15, 0.2) is 30.6 Å². The summed E-state index contributed by atoms with van der Waals surface area (Å²) in [4.78, 5) is 32.3. The second kappa shape index (κ2) is 8.32. The van der Waals surface area contributed by atoms with Gasteiger partial charge >= 0.3 is 0 Å². The Morgan fingerprint density at radius 1 is 1.37 bits per heavy atom. The van der Waals surface area contributed by atoms with Gasteiger partial charge in [-0.25, -0.2) is 4.98 Å². The predicted molar refractivity (Wildman–Crippen MR) is 113 cm³/mol. The van der Waals surface area contributed by atoms with Gasteiger partial charge in [-0.1, -0.05) is 0 Å². The van der Waals surface area contributed by atoms with Crippen LogP contribution < -0.4 is 10.2 Å². The third-order valence-corrected chi connectivity index (χ3v) is 5.58. The van der Waals surface area contributed by atoms with E-state index in [9.17, 15) is 14.9 Å². The first kappa shape index (κ1) is 21.6. The van der Waals surface area contributed by atoms with E-state index < -0.39 is 5.41 Å². The summed E-state index contributed by atoms with van der Waals surface area (Å²) < 4.78 is 1.55. The van der Waals surface area contributed by atoms with Gasteiger partial charge < -0.3 is 15.1 Å². The van der Waals surface area contributed by atoms with Gasteiger partial charge in [-0.3, -0.25) is 14.3 Å². The smallest absolute Gasteiger partial charge is 0.247 e. The number of carbonyl (C=O) groups is 2. The first-order valence-electron chi connectivity index (χ1n) is 9.63. The Bertz CT molecular complexity index is 995. The van der Waals surface area contributed by atoms with Crippen LogP contribution in [0, 0.1) is 22.7 Å². The van der Waals surface area contributed by atoms with E-state index in [-0.39, 0.29) is 36.7 Å². The number of amides is 2. The summed E-state index contributed by atoms with van der Waals surface area (Å²) in [6, 6.07) is 7.61. The van der Waals surface area contributed by atoms with E-state index in [0.29, 0.717) is 30.3 Å². The predicted octanol–water partition coefficient (Wildman–Crippen LogP) is 2.19. The molecule has 1 saturated carbocycles. The first-order chi connectivity index (χ1) is 13.9. The summed E-state index contributed by atoms with van der Waals surface area (Å²) in [5, 5.41) is 17.1. The van der Waals surface area contributed by atoms with Crippen LogP contribution in [0.25, 0.3) is 0 Å². The van der Waals surface area contributed by atoms with E-state index >= 15 is 0 Å². The zero-order valence-electron chi connectivity index (χ0n) is 16.9. The van der Waals surface area contributed by atoms with Crippen LogP contribution in [-0.4, -0.2) is 52.1 Å². The zero-order chi connectivity index (χ0) is 20.6. The van der Waals surface area contributed by atoms with Crippen molar-refractivity contribution in [2.24, 2.45) is 11.3 Å². The molecule has 2 aliphatic rings. The van der Waals surface area contributed by atoms with Gasteiger partial charge in [0.25, 0.3) is 0 Å². The molecular formula is C20H24ClN7O2. The third-order valence-electron chi connectivity index (χ3n) is 5.58. The number of nitriles is 1. The number of hydrogen-bond donors (Lipinski definition) is 1. The van der Waals surface area contributed by atoms with Gasteiger partial charge in [0.05, 0.1) is 6.07 Å². The van der Waals surface area contributed by atoms with E-state index in [1.165, 1.54) is 4.90 Å².